The number of carbonyl (C=O) groups is 1. The number of hydrogen-bond donors (Lipinski definition) is 2. The maximum Gasteiger partial charge on any atom is 0.226 e. The molecule has 1 amide bonds. The van der Waals surface area contributed by atoms with Gasteiger partial charge in [0, 0.05) is 23.2 Å². The Balaban J connectivity index is 1.99. The van der Waals surface area contributed by atoms with Gasteiger partial charge in [-0.2, -0.15) is 0 Å². The van der Waals surface area contributed by atoms with Crippen LogP contribution in [0.15, 0.2) is 24.3 Å². The van der Waals surface area contributed by atoms with Crippen LogP contribution in [0.3, 0.4) is 0 Å². The summed E-state index contributed by atoms with van der Waals surface area (Å²) in [4.78, 5) is 12.2. The van der Waals surface area contributed by atoms with Gasteiger partial charge in [0.1, 0.15) is 0 Å². The zero-order chi connectivity index (χ0) is 14.4. The second kappa shape index (κ2) is 6.58. The highest BCUT2D eigenvalue weighted by Gasteiger charge is 2.32. The molecule has 0 aromatic heterocycles. The fraction of sp³-hybridized carbons (Fsp3) is 0.471. The van der Waals surface area contributed by atoms with Crippen LogP contribution in [0.2, 0.25) is 0 Å². The Morgan fingerprint density at radius 2 is 2.10 bits per heavy atom. The number of anilines is 1. The number of rotatable bonds is 4. The predicted molar refractivity (Wildman–Crippen MR) is 82.5 cm³/mol. The molecule has 1 aliphatic rings. The highest BCUT2D eigenvalue weighted by atomic mass is 16.1. The van der Waals surface area contributed by atoms with E-state index in [0.29, 0.717) is 6.42 Å². The van der Waals surface area contributed by atoms with Gasteiger partial charge in [-0.05, 0) is 38.1 Å². The van der Waals surface area contributed by atoms with E-state index in [4.69, 9.17) is 6.42 Å². The Morgan fingerprint density at radius 3 is 2.75 bits per heavy atom. The van der Waals surface area contributed by atoms with Crippen molar-refractivity contribution in [3.8, 4) is 12.3 Å². The molecule has 3 heteroatoms. The molecule has 0 radical (unpaired) electrons. The molecule has 0 aliphatic heterocycles. The zero-order valence-corrected chi connectivity index (χ0v) is 12.0. The molecular formula is C17H22N2O. The molecule has 3 nitrogen and oxygen atoms in total. The van der Waals surface area contributed by atoms with Crippen molar-refractivity contribution in [3.63, 3.8) is 0 Å². The van der Waals surface area contributed by atoms with Crippen molar-refractivity contribution in [2.75, 3.05) is 12.4 Å². The summed E-state index contributed by atoms with van der Waals surface area (Å²) < 4.78 is 0. The van der Waals surface area contributed by atoms with Gasteiger partial charge in [-0.1, -0.05) is 31.2 Å². The normalized spacial score (nSPS) is 17.2. The summed E-state index contributed by atoms with van der Waals surface area (Å²) >= 11 is 0. The maximum absolute atomic E-state index is 12.2. The first-order chi connectivity index (χ1) is 9.67. The van der Waals surface area contributed by atoms with Crippen LogP contribution < -0.4 is 10.6 Å². The van der Waals surface area contributed by atoms with Crippen LogP contribution >= 0.6 is 0 Å². The number of terminal acetylenes is 1. The minimum Gasteiger partial charge on any atom is -0.326 e. The van der Waals surface area contributed by atoms with Crippen LogP contribution in [0, 0.1) is 12.3 Å². The van der Waals surface area contributed by atoms with Crippen molar-refractivity contribution in [3.05, 3.63) is 29.8 Å². The highest BCUT2D eigenvalue weighted by molar-refractivity contribution is 5.91. The SMILES string of the molecule is C#Cc1cccc(NC(=O)CC2(NC)CCCCC2)c1. The molecule has 0 saturated heterocycles. The van der Waals surface area contributed by atoms with Crippen LogP contribution in [0.5, 0.6) is 0 Å². The predicted octanol–water partition coefficient (Wildman–Crippen LogP) is 2.92. The van der Waals surface area contributed by atoms with Gasteiger partial charge in [0.05, 0.1) is 0 Å². The molecule has 0 spiro atoms. The van der Waals surface area contributed by atoms with E-state index in [1.54, 1.807) is 0 Å². The van der Waals surface area contributed by atoms with Gasteiger partial charge in [0.25, 0.3) is 0 Å². The summed E-state index contributed by atoms with van der Waals surface area (Å²) in [5.74, 6) is 2.63. The molecular weight excluding hydrogens is 248 g/mol. The largest absolute Gasteiger partial charge is 0.326 e. The van der Waals surface area contributed by atoms with Gasteiger partial charge in [-0.3, -0.25) is 4.79 Å². The fourth-order valence-electron chi connectivity index (χ4n) is 2.94. The fourth-order valence-corrected chi connectivity index (χ4v) is 2.94. The Kier molecular flexibility index (Phi) is 4.81. The van der Waals surface area contributed by atoms with E-state index in [1.165, 1.54) is 19.3 Å². The van der Waals surface area contributed by atoms with Crippen LogP contribution in [-0.4, -0.2) is 18.5 Å². The highest BCUT2D eigenvalue weighted by Crippen LogP contribution is 2.31. The van der Waals surface area contributed by atoms with Gasteiger partial charge in [0.15, 0.2) is 0 Å². The number of amides is 1. The van der Waals surface area contributed by atoms with E-state index < -0.39 is 0 Å². The van der Waals surface area contributed by atoms with Crippen LogP contribution in [0.25, 0.3) is 0 Å². The molecule has 1 aromatic rings. The summed E-state index contributed by atoms with van der Waals surface area (Å²) in [6.45, 7) is 0. The van der Waals surface area contributed by atoms with Crippen molar-refractivity contribution >= 4 is 11.6 Å². The average molecular weight is 270 g/mol. The molecule has 2 rings (SSSR count). The number of hydrogen-bond acceptors (Lipinski definition) is 2. The summed E-state index contributed by atoms with van der Waals surface area (Å²) in [5.41, 5.74) is 1.52. The molecule has 0 heterocycles. The first kappa shape index (κ1) is 14.6. The molecule has 2 N–H and O–H groups in total. The Labute approximate surface area is 121 Å². The molecule has 1 aliphatic carbocycles. The third-order valence-corrected chi connectivity index (χ3v) is 4.15. The van der Waals surface area contributed by atoms with E-state index in [-0.39, 0.29) is 11.4 Å². The summed E-state index contributed by atoms with van der Waals surface area (Å²) in [6, 6.07) is 7.40. The number of carbonyl (C=O) groups excluding carboxylic acids is 1. The van der Waals surface area contributed by atoms with Crippen molar-refractivity contribution < 1.29 is 4.79 Å². The number of benzene rings is 1. The molecule has 20 heavy (non-hydrogen) atoms. The van der Waals surface area contributed by atoms with Gasteiger partial charge in [-0.25, -0.2) is 0 Å². The van der Waals surface area contributed by atoms with E-state index in [0.717, 1.165) is 24.1 Å². The summed E-state index contributed by atoms with van der Waals surface area (Å²) in [5, 5.41) is 6.31. The second-order valence-corrected chi connectivity index (χ2v) is 5.54. The van der Waals surface area contributed by atoms with E-state index in [2.05, 4.69) is 16.6 Å². The van der Waals surface area contributed by atoms with E-state index >= 15 is 0 Å². The lowest BCUT2D eigenvalue weighted by Gasteiger charge is -2.36. The topological polar surface area (TPSA) is 41.1 Å². The molecule has 106 valence electrons. The quantitative estimate of drug-likeness (QED) is 0.826. The van der Waals surface area contributed by atoms with Gasteiger partial charge < -0.3 is 10.6 Å². The average Bonchev–Trinajstić information content (AvgIpc) is 2.48. The molecule has 0 unspecified atom stereocenters. The lowest BCUT2D eigenvalue weighted by atomic mass is 9.79. The molecule has 0 bridgehead atoms. The van der Waals surface area contributed by atoms with Gasteiger partial charge >= 0.3 is 0 Å². The van der Waals surface area contributed by atoms with Crippen LogP contribution in [-0.2, 0) is 4.79 Å². The smallest absolute Gasteiger partial charge is 0.226 e. The van der Waals surface area contributed by atoms with Gasteiger partial charge in [-0.15, -0.1) is 6.42 Å². The first-order valence-corrected chi connectivity index (χ1v) is 7.23. The summed E-state index contributed by atoms with van der Waals surface area (Å²) in [6.07, 6.45) is 11.7. The Morgan fingerprint density at radius 1 is 1.35 bits per heavy atom. The van der Waals surface area contributed by atoms with Gasteiger partial charge in [0.2, 0.25) is 5.91 Å². The Hall–Kier alpha value is -1.79. The standard InChI is InChI=1S/C17H22N2O/c1-3-14-8-7-9-15(12-14)19-16(20)13-17(18-2)10-5-4-6-11-17/h1,7-9,12,18H,4-6,10-11,13H2,2H3,(H,19,20). The van der Waals surface area contributed by atoms with Crippen molar-refractivity contribution in [2.45, 2.75) is 44.1 Å². The summed E-state index contributed by atoms with van der Waals surface area (Å²) in [7, 11) is 1.96. The lowest BCUT2D eigenvalue weighted by Crippen LogP contribution is -2.47. The van der Waals surface area contributed by atoms with E-state index in [9.17, 15) is 4.79 Å². The number of nitrogens with one attached hydrogen (secondary N) is 2. The first-order valence-electron chi connectivity index (χ1n) is 7.23. The molecule has 0 atom stereocenters. The van der Waals surface area contributed by atoms with Crippen LogP contribution in [0.1, 0.15) is 44.1 Å². The van der Waals surface area contributed by atoms with Crippen molar-refractivity contribution in [1.29, 1.82) is 0 Å². The molecule has 1 saturated carbocycles. The third-order valence-electron chi connectivity index (χ3n) is 4.15. The van der Waals surface area contributed by atoms with Crippen molar-refractivity contribution in [1.82, 2.24) is 5.32 Å². The third kappa shape index (κ3) is 3.61. The minimum atomic E-state index is -0.0357. The molecule has 1 aromatic carbocycles. The Bertz CT molecular complexity index is 510. The second-order valence-electron chi connectivity index (χ2n) is 5.54. The zero-order valence-electron chi connectivity index (χ0n) is 12.0. The lowest BCUT2D eigenvalue weighted by molar-refractivity contribution is -0.117. The van der Waals surface area contributed by atoms with E-state index in [1.807, 2.05) is 31.3 Å². The maximum atomic E-state index is 12.2. The minimum absolute atomic E-state index is 0.0357. The monoisotopic (exact) mass is 270 g/mol. The van der Waals surface area contributed by atoms with Crippen LogP contribution in [0.4, 0.5) is 5.69 Å². The molecule has 1 fully saturated rings. The van der Waals surface area contributed by atoms with Crippen molar-refractivity contribution in [2.24, 2.45) is 0 Å².